The van der Waals surface area contributed by atoms with Crippen LogP contribution >= 0.6 is 11.5 Å². The normalized spacial score (nSPS) is 14.8. The molecule has 3 heterocycles. The first-order valence-corrected chi connectivity index (χ1v) is 14.0. The van der Waals surface area contributed by atoms with E-state index in [1.165, 1.54) is 11.5 Å². The van der Waals surface area contributed by atoms with Gasteiger partial charge in [-0.05, 0) is 57.8 Å². The minimum atomic E-state index is -0.305. The van der Waals surface area contributed by atoms with Crippen LogP contribution in [0.3, 0.4) is 0 Å². The lowest BCUT2D eigenvalue weighted by atomic mass is 10.0. The lowest BCUT2D eigenvalue weighted by molar-refractivity contribution is -0.152. The van der Waals surface area contributed by atoms with Gasteiger partial charge >= 0.3 is 5.97 Å². The Morgan fingerprint density at radius 1 is 1.37 bits per heavy atom. The molecule has 204 valence electrons. The Morgan fingerprint density at radius 3 is 2.82 bits per heavy atom. The van der Waals surface area contributed by atoms with E-state index >= 15 is 0 Å². The van der Waals surface area contributed by atoms with E-state index in [2.05, 4.69) is 52.2 Å². The maximum absolute atomic E-state index is 12.5. The van der Waals surface area contributed by atoms with Crippen LogP contribution in [0.5, 0.6) is 0 Å². The summed E-state index contributed by atoms with van der Waals surface area (Å²) in [4.78, 5) is 24.1. The van der Waals surface area contributed by atoms with E-state index in [1.807, 2.05) is 43.0 Å². The second-order valence-corrected chi connectivity index (χ2v) is 11.2. The van der Waals surface area contributed by atoms with Gasteiger partial charge in [-0.3, -0.25) is 14.1 Å². The highest BCUT2D eigenvalue weighted by molar-refractivity contribution is 7.10. The van der Waals surface area contributed by atoms with E-state index in [0.717, 1.165) is 65.5 Å². The smallest absolute Gasteiger partial charge is 0.308 e. The quantitative estimate of drug-likeness (QED) is 0.237. The highest BCUT2D eigenvalue weighted by Gasteiger charge is 2.31. The van der Waals surface area contributed by atoms with Crippen LogP contribution in [0.15, 0.2) is 37.3 Å². The summed E-state index contributed by atoms with van der Waals surface area (Å²) in [7, 11) is 1.86. The molecule has 1 fully saturated rings. The fourth-order valence-electron chi connectivity index (χ4n) is 4.93. The van der Waals surface area contributed by atoms with Crippen LogP contribution in [0.2, 0.25) is 0 Å². The molecule has 0 amide bonds. The second kappa shape index (κ2) is 12.1. The fraction of sp³-hybridized carbons (Fsp3) is 0.500. The topological polar surface area (TPSA) is 96.7 Å². The molecule has 2 N–H and O–H groups in total. The molecule has 1 aliphatic rings. The van der Waals surface area contributed by atoms with Gasteiger partial charge in [0.15, 0.2) is 11.5 Å². The molecule has 38 heavy (non-hydrogen) atoms. The van der Waals surface area contributed by atoms with Gasteiger partial charge in [0, 0.05) is 37.1 Å². The first-order chi connectivity index (χ1) is 18.2. The molecule has 4 rings (SSSR count). The molecular weight excluding hydrogens is 498 g/mol. The Kier molecular flexibility index (Phi) is 8.83. The van der Waals surface area contributed by atoms with Crippen LogP contribution in [0, 0.1) is 12.8 Å². The Labute approximate surface area is 229 Å². The van der Waals surface area contributed by atoms with E-state index in [4.69, 9.17) is 9.72 Å². The van der Waals surface area contributed by atoms with Crippen molar-refractivity contribution >= 4 is 39.5 Å². The molecular formula is C28H39N7O2S. The van der Waals surface area contributed by atoms with Crippen molar-refractivity contribution in [2.45, 2.75) is 65.5 Å². The van der Waals surface area contributed by atoms with Crippen molar-refractivity contribution in [1.29, 1.82) is 0 Å². The number of nitrogens with zero attached hydrogens (tertiary/aromatic N) is 5. The number of anilines is 2. The molecule has 1 saturated carbocycles. The second-order valence-electron chi connectivity index (χ2n) is 10.4. The van der Waals surface area contributed by atoms with Crippen LogP contribution in [0.25, 0.3) is 11.2 Å². The monoisotopic (exact) mass is 537 g/mol. The zero-order chi connectivity index (χ0) is 27.3. The summed E-state index contributed by atoms with van der Waals surface area (Å²) in [5.74, 6) is 0.696. The number of hydrogen-bond acceptors (Lipinski definition) is 9. The molecule has 0 aromatic carbocycles. The van der Waals surface area contributed by atoms with Gasteiger partial charge in [-0.2, -0.15) is 4.37 Å². The van der Waals surface area contributed by atoms with E-state index in [-0.39, 0.29) is 17.4 Å². The van der Waals surface area contributed by atoms with Crippen LogP contribution in [-0.4, -0.2) is 55.3 Å². The zero-order valence-corrected chi connectivity index (χ0v) is 23.9. The Morgan fingerprint density at radius 2 is 2.13 bits per heavy atom. The standard InChI is InChI=1S/C28H39N7O2S/c1-7-20(14-29-6)23-15-30-26-25(31-19(3)16-35(23)26)32-24-13-22(33-38-24)17-34(8-2)28(4,5)18-37-27(36)21-11-9-10-12-21/h7,13-16,21,29H,1,8-12,17-18H2,2-6H3,(H,31,32)/b20-14+. The lowest BCUT2D eigenvalue weighted by Crippen LogP contribution is -2.47. The molecule has 0 spiro atoms. The Balaban J connectivity index is 1.46. The number of carbonyl (C=O) groups is 1. The number of imidazole rings is 1. The summed E-state index contributed by atoms with van der Waals surface area (Å²) >= 11 is 1.39. The summed E-state index contributed by atoms with van der Waals surface area (Å²) in [5, 5.41) is 7.37. The molecule has 0 saturated heterocycles. The van der Waals surface area contributed by atoms with E-state index < -0.39 is 0 Å². The van der Waals surface area contributed by atoms with Gasteiger partial charge in [-0.15, -0.1) is 0 Å². The SMILES string of the molecule is C=C/C(=C\NC)c1cnc2c(Nc3cc(CN(CC)C(C)(C)COC(=O)C4CCCC4)ns3)nc(C)cn12. The number of ether oxygens (including phenoxy) is 1. The lowest BCUT2D eigenvalue weighted by Gasteiger charge is -2.37. The number of esters is 1. The molecule has 0 aliphatic heterocycles. The van der Waals surface area contributed by atoms with Crippen LogP contribution in [0.4, 0.5) is 10.8 Å². The zero-order valence-electron chi connectivity index (χ0n) is 23.1. The van der Waals surface area contributed by atoms with Crippen LogP contribution < -0.4 is 10.6 Å². The molecule has 1 aliphatic carbocycles. The third-order valence-electron chi connectivity index (χ3n) is 7.08. The van der Waals surface area contributed by atoms with Gasteiger partial charge in [0.05, 0.1) is 29.2 Å². The van der Waals surface area contributed by atoms with Crippen molar-refractivity contribution < 1.29 is 9.53 Å². The first kappa shape index (κ1) is 27.8. The van der Waals surface area contributed by atoms with Crippen molar-refractivity contribution in [2.75, 3.05) is 25.5 Å². The molecule has 10 heteroatoms. The number of rotatable bonds is 12. The van der Waals surface area contributed by atoms with Crippen molar-refractivity contribution in [2.24, 2.45) is 5.92 Å². The number of aryl methyl sites for hydroxylation is 1. The number of nitrogens with one attached hydrogen (secondary N) is 2. The summed E-state index contributed by atoms with van der Waals surface area (Å²) in [6.45, 7) is 14.1. The predicted octanol–water partition coefficient (Wildman–Crippen LogP) is 5.32. The number of hydrogen-bond donors (Lipinski definition) is 2. The minimum absolute atomic E-state index is 0.0486. The van der Waals surface area contributed by atoms with Gasteiger partial charge in [-0.1, -0.05) is 32.4 Å². The summed E-state index contributed by atoms with van der Waals surface area (Å²) in [6.07, 6.45) is 11.6. The van der Waals surface area contributed by atoms with Crippen LogP contribution in [-0.2, 0) is 16.1 Å². The fourth-order valence-corrected chi connectivity index (χ4v) is 5.59. The maximum Gasteiger partial charge on any atom is 0.308 e. The largest absolute Gasteiger partial charge is 0.464 e. The molecule has 3 aromatic heterocycles. The first-order valence-electron chi connectivity index (χ1n) is 13.2. The van der Waals surface area contributed by atoms with E-state index in [9.17, 15) is 4.79 Å². The van der Waals surface area contributed by atoms with Gasteiger partial charge < -0.3 is 15.4 Å². The third kappa shape index (κ3) is 6.24. The number of allylic oxidation sites excluding steroid dienone is 2. The third-order valence-corrected chi connectivity index (χ3v) is 7.82. The molecule has 0 bridgehead atoms. The highest BCUT2D eigenvalue weighted by atomic mass is 32.1. The summed E-state index contributed by atoms with van der Waals surface area (Å²) in [5.41, 5.74) is 4.10. The predicted molar refractivity (Wildman–Crippen MR) is 153 cm³/mol. The Bertz CT molecular complexity index is 1300. The average Bonchev–Trinajstić information content (AvgIpc) is 3.66. The number of fused-ring (bicyclic) bond motifs is 1. The van der Waals surface area contributed by atoms with Crippen molar-refractivity contribution in [3.8, 4) is 0 Å². The number of likely N-dealkylation sites (N-methyl/N-ethyl adjacent to an activating group) is 1. The Hall–Kier alpha value is -3.24. The number of aromatic nitrogens is 4. The molecule has 9 nitrogen and oxygen atoms in total. The molecule has 0 atom stereocenters. The van der Waals surface area contributed by atoms with E-state index in [1.54, 1.807) is 6.08 Å². The van der Waals surface area contributed by atoms with Crippen LogP contribution in [0.1, 0.15) is 63.5 Å². The van der Waals surface area contributed by atoms with Crippen molar-refractivity contribution in [1.82, 2.24) is 29.0 Å². The summed E-state index contributed by atoms with van der Waals surface area (Å²) < 4.78 is 12.5. The van der Waals surface area contributed by atoms with Crippen molar-refractivity contribution in [3.05, 3.63) is 54.4 Å². The van der Waals surface area contributed by atoms with Gasteiger partial charge in [-0.25, -0.2) is 9.97 Å². The van der Waals surface area contributed by atoms with Gasteiger partial charge in [0.2, 0.25) is 0 Å². The molecule has 0 unspecified atom stereocenters. The summed E-state index contributed by atoms with van der Waals surface area (Å²) in [6, 6.07) is 2.05. The van der Waals surface area contributed by atoms with Gasteiger partial charge in [0.1, 0.15) is 11.6 Å². The maximum atomic E-state index is 12.5. The molecule has 0 radical (unpaired) electrons. The van der Waals surface area contributed by atoms with E-state index in [0.29, 0.717) is 19.0 Å². The van der Waals surface area contributed by atoms with Crippen molar-refractivity contribution in [3.63, 3.8) is 0 Å². The van der Waals surface area contributed by atoms with Gasteiger partial charge in [0.25, 0.3) is 0 Å². The highest BCUT2D eigenvalue weighted by Crippen LogP contribution is 2.29. The molecule has 3 aromatic rings. The average molecular weight is 538 g/mol. The number of carbonyl (C=O) groups excluding carboxylic acids is 1. The minimum Gasteiger partial charge on any atom is -0.464 e.